The normalized spacial score (nSPS) is 12.1. The van der Waals surface area contributed by atoms with Crippen LogP contribution in [0.5, 0.6) is 0 Å². The number of benzene rings is 1. The number of nitrogens with zero attached hydrogens (tertiary/aromatic N) is 1. The van der Waals surface area contributed by atoms with Crippen LogP contribution in [-0.4, -0.2) is 28.6 Å². The van der Waals surface area contributed by atoms with E-state index in [2.05, 4.69) is 10.3 Å². The minimum absolute atomic E-state index is 0.121. The fourth-order valence-electron chi connectivity index (χ4n) is 2.01. The zero-order valence-electron chi connectivity index (χ0n) is 12.4. The Kier molecular flexibility index (Phi) is 5.98. The van der Waals surface area contributed by atoms with Gasteiger partial charge in [-0.05, 0) is 30.7 Å². The molecule has 0 spiro atoms. The molecular formula is C16H19ClN2O3. The summed E-state index contributed by atoms with van der Waals surface area (Å²) in [6.07, 6.45) is 2.63. The van der Waals surface area contributed by atoms with Crippen LogP contribution in [0, 0.1) is 0 Å². The van der Waals surface area contributed by atoms with E-state index in [-0.39, 0.29) is 18.9 Å². The molecule has 0 aliphatic carbocycles. The molecule has 1 aromatic heterocycles. The molecule has 0 bridgehead atoms. The molecule has 0 saturated carbocycles. The summed E-state index contributed by atoms with van der Waals surface area (Å²) in [7, 11) is 0. The fourth-order valence-corrected chi connectivity index (χ4v) is 2.13. The van der Waals surface area contributed by atoms with Gasteiger partial charge in [0.15, 0.2) is 0 Å². The van der Waals surface area contributed by atoms with Crippen molar-refractivity contribution < 1.29 is 14.3 Å². The van der Waals surface area contributed by atoms with Crippen molar-refractivity contribution >= 4 is 17.5 Å². The van der Waals surface area contributed by atoms with E-state index in [1.807, 2.05) is 6.92 Å². The zero-order chi connectivity index (χ0) is 15.9. The number of aliphatic hydroxyl groups excluding tert-OH is 1. The number of hydrogen-bond acceptors (Lipinski definition) is 4. The Morgan fingerprint density at radius 1 is 1.41 bits per heavy atom. The summed E-state index contributed by atoms with van der Waals surface area (Å²) in [6.45, 7) is 2.24. The molecule has 118 valence electrons. The number of oxazole rings is 1. The molecule has 2 N–H and O–H groups in total. The monoisotopic (exact) mass is 322 g/mol. The van der Waals surface area contributed by atoms with Gasteiger partial charge in [0.25, 0.3) is 0 Å². The van der Waals surface area contributed by atoms with Crippen molar-refractivity contribution in [2.45, 2.75) is 32.3 Å². The molecule has 1 aromatic carbocycles. The second kappa shape index (κ2) is 7.96. The Morgan fingerprint density at radius 2 is 2.14 bits per heavy atom. The van der Waals surface area contributed by atoms with E-state index in [4.69, 9.17) is 16.0 Å². The molecule has 2 aromatic rings. The predicted octanol–water partition coefficient (Wildman–Crippen LogP) is 2.81. The molecule has 1 heterocycles. The first-order valence-corrected chi connectivity index (χ1v) is 7.61. The number of halogens is 1. The Balaban J connectivity index is 1.89. The van der Waals surface area contributed by atoms with Gasteiger partial charge in [0.1, 0.15) is 6.26 Å². The van der Waals surface area contributed by atoms with Crippen LogP contribution in [0.2, 0.25) is 5.02 Å². The van der Waals surface area contributed by atoms with E-state index in [0.29, 0.717) is 23.0 Å². The number of carbonyl (C=O) groups is 1. The van der Waals surface area contributed by atoms with Gasteiger partial charge in [-0.2, -0.15) is 0 Å². The fraction of sp³-hybridized carbons (Fsp3) is 0.375. The van der Waals surface area contributed by atoms with Gasteiger partial charge in [-0.15, -0.1) is 0 Å². The van der Waals surface area contributed by atoms with E-state index < -0.39 is 6.10 Å². The van der Waals surface area contributed by atoms with E-state index in [0.717, 1.165) is 12.0 Å². The highest BCUT2D eigenvalue weighted by Gasteiger charge is 2.11. The molecule has 0 radical (unpaired) electrons. The van der Waals surface area contributed by atoms with E-state index in [9.17, 15) is 9.90 Å². The molecule has 0 aliphatic heterocycles. The Morgan fingerprint density at radius 3 is 2.82 bits per heavy atom. The predicted molar refractivity (Wildman–Crippen MR) is 84.6 cm³/mol. The maximum atomic E-state index is 11.8. The minimum atomic E-state index is -0.504. The lowest BCUT2D eigenvalue weighted by Gasteiger charge is -2.09. The number of rotatable bonds is 7. The van der Waals surface area contributed by atoms with Gasteiger partial charge in [0, 0.05) is 17.1 Å². The van der Waals surface area contributed by atoms with Crippen LogP contribution in [0.15, 0.2) is 34.9 Å². The number of aromatic nitrogens is 1. The third-order valence-electron chi connectivity index (χ3n) is 3.14. The van der Waals surface area contributed by atoms with E-state index >= 15 is 0 Å². The summed E-state index contributed by atoms with van der Waals surface area (Å²) < 4.78 is 5.37. The highest BCUT2D eigenvalue weighted by molar-refractivity contribution is 6.30. The Hall–Kier alpha value is -1.85. The number of amides is 1. The van der Waals surface area contributed by atoms with E-state index in [1.54, 1.807) is 24.3 Å². The molecule has 0 aliphatic rings. The van der Waals surface area contributed by atoms with Gasteiger partial charge >= 0.3 is 0 Å². The quantitative estimate of drug-likeness (QED) is 0.822. The maximum Gasteiger partial charge on any atom is 0.226 e. The van der Waals surface area contributed by atoms with Crippen LogP contribution in [0.25, 0.3) is 11.5 Å². The van der Waals surface area contributed by atoms with E-state index in [1.165, 1.54) is 6.26 Å². The third-order valence-corrected chi connectivity index (χ3v) is 3.39. The summed E-state index contributed by atoms with van der Waals surface area (Å²) in [5.74, 6) is 0.261. The SMILES string of the molecule is CCCC(O)CNC(=O)Cc1coc(-c2ccc(Cl)cc2)n1. The molecule has 1 unspecified atom stereocenters. The molecule has 5 nitrogen and oxygen atoms in total. The Bertz CT molecular complexity index is 610. The average molecular weight is 323 g/mol. The summed E-state index contributed by atoms with van der Waals surface area (Å²) >= 11 is 5.83. The molecule has 2 rings (SSSR count). The molecule has 0 saturated heterocycles. The third kappa shape index (κ3) is 4.86. The van der Waals surface area contributed by atoms with Gasteiger partial charge in [-0.1, -0.05) is 24.9 Å². The van der Waals surface area contributed by atoms with Crippen LogP contribution in [0.4, 0.5) is 0 Å². The lowest BCUT2D eigenvalue weighted by atomic mass is 10.2. The molecule has 6 heteroatoms. The average Bonchev–Trinajstić information content (AvgIpc) is 2.95. The van der Waals surface area contributed by atoms with Crippen molar-refractivity contribution in [3.05, 3.63) is 41.2 Å². The number of hydrogen-bond donors (Lipinski definition) is 2. The first-order chi connectivity index (χ1) is 10.6. The number of aliphatic hydroxyl groups is 1. The van der Waals surface area contributed by atoms with Gasteiger partial charge in [-0.25, -0.2) is 4.98 Å². The summed E-state index contributed by atoms with van der Waals surface area (Å²) in [5.41, 5.74) is 1.35. The van der Waals surface area contributed by atoms with Gasteiger partial charge in [-0.3, -0.25) is 4.79 Å². The molecule has 1 amide bonds. The van der Waals surface area contributed by atoms with Gasteiger partial charge in [0.05, 0.1) is 18.2 Å². The molecule has 0 fully saturated rings. The number of carbonyl (C=O) groups excluding carboxylic acids is 1. The first-order valence-electron chi connectivity index (χ1n) is 7.23. The summed E-state index contributed by atoms with van der Waals surface area (Å²) in [4.78, 5) is 16.1. The second-order valence-corrected chi connectivity index (χ2v) is 5.51. The minimum Gasteiger partial charge on any atom is -0.444 e. The standard InChI is InChI=1S/C16H19ClN2O3/c1-2-3-14(20)9-18-15(21)8-13-10-22-16(19-13)11-4-6-12(17)7-5-11/h4-7,10,14,20H,2-3,8-9H2,1H3,(H,18,21). The van der Waals surface area contributed by atoms with Crippen molar-refractivity contribution in [2.24, 2.45) is 0 Å². The van der Waals surface area contributed by atoms with Crippen LogP contribution < -0.4 is 5.32 Å². The highest BCUT2D eigenvalue weighted by atomic mass is 35.5. The lowest BCUT2D eigenvalue weighted by molar-refractivity contribution is -0.121. The van der Waals surface area contributed by atoms with Crippen molar-refractivity contribution in [3.8, 4) is 11.5 Å². The van der Waals surface area contributed by atoms with Gasteiger partial charge in [0.2, 0.25) is 11.8 Å². The second-order valence-electron chi connectivity index (χ2n) is 5.07. The number of nitrogens with one attached hydrogen (secondary N) is 1. The van der Waals surface area contributed by atoms with Crippen LogP contribution >= 0.6 is 11.6 Å². The van der Waals surface area contributed by atoms with Crippen LogP contribution in [-0.2, 0) is 11.2 Å². The lowest BCUT2D eigenvalue weighted by Crippen LogP contribution is -2.33. The van der Waals surface area contributed by atoms with Crippen molar-refractivity contribution in [1.29, 1.82) is 0 Å². The van der Waals surface area contributed by atoms with Crippen LogP contribution in [0.3, 0.4) is 0 Å². The first kappa shape index (κ1) is 16.5. The molecule has 1 atom stereocenters. The molecular weight excluding hydrogens is 304 g/mol. The topological polar surface area (TPSA) is 75.4 Å². The largest absolute Gasteiger partial charge is 0.444 e. The van der Waals surface area contributed by atoms with Crippen LogP contribution in [0.1, 0.15) is 25.5 Å². The zero-order valence-corrected chi connectivity index (χ0v) is 13.1. The van der Waals surface area contributed by atoms with Crippen molar-refractivity contribution in [2.75, 3.05) is 6.54 Å². The van der Waals surface area contributed by atoms with Gasteiger partial charge < -0.3 is 14.8 Å². The maximum absolute atomic E-state index is 11.8. The summed E-state index contributed by atoms with van der Waals surface area (Å²) in [6, 6.07) is 7.11. The van der Waals surface area contributed by atoms with Crippen molar-refractivity contribution in [3.63, 3.8) is 0 Å². The highest BCUT2D eigenvalue weighted by Crippen LogP contribution is 2.20. The molecule has 22 heavy (non-hydrogen) atoms. The summed E-state index contributed by atoms with van der Waals surface area (Å²) in [5, 5.41) is 12.9. The smallest absolute Gasteiger partial charge is 0.226 e. The Labute approximate surface area is 134 Å². The van der Waals surface area contributed by atoms with Crippen molar-refractivity contribution in [1.82, 2.24) is 10.3 Å².